The number of aliphatic carboxylic acids is 1. The van der Waals surface area contributed by atoms with Crippen LogP contribution >= 0.6 is 15.9 Å². The zero-order valence-electron chi connectivity index (χ0n) is 4.60. The summed E-state index contributed by atoms with van der Waals surface area (Å²) in [5, 5.41) is 8.71. The minimum absolute atomic E-state index is 0.269. The zero-order valence-corrected chi connectivity index (χ0v) is 6.18. The Morgan fingerprint density at radius 1 is 1.89 bits per heavy atom. The van der Waals surface area contributed by atoms with E-state index in [0.29, 0.717) is 5.33 Å². The maximum atomic E-state index is 9.95. The Morgan fingerprint density at radius 3 is 2.78 bits per heavy atom. The van der Waals surface area contributed by atoms with E-state index in [1.54, 1.807) is 0 Å². The second-order valence-electron chi connectivity index (χ2n) is 1.22. The van der Waals surface area contributed by atoms with Crippen LogP contribution in [0.2, 0.25) is 0 Å². The van der Waals surface area contributed by atoms with E-state index in [2.05, 4.69) is 21.7 Å². The summed E-state index contributed by atoms with van der Waals surface area (Å²) in [5.41, 5.74) is 7.04. The van der Waals surface area contributed by atoms with Crippen molar-refractivity contribution in [1.29, 1.82) is 0 Å². The standard InChI is InChI=1S/C5H6BrNO2/c6-3-1-2-4(7)5(8)9/h1H,3,7H2,(H,8,9). The second-order valence-corrected chi connectivity index (χ2v) is 1.87. The molecule has 3 N–H and O–H groups in total. The summed E-state index contributed by atoms with van der Waals surface area (Å²) in [4.78, 5) is 9.95. The van der Waals surface area contributed by atoms with Gasteiger partial charge < -0.3 is 10.8 Å². The van der Waals surface area contributed by atoms with E-state index in [-0.39, 0.29) is 5.70 Å². The van der Waals surface area contributed by atoms with Crippen LogP contribution in [-0.2, 0) is 4.79 Å². The van der Waals surface area contributed by atoms with Crippen molar-refractivity contribution in [2.45, 2.75) is 0 Å². The fourth-order valence-corrected chi connectivity index (χ4v) is 0.372. The van der Waals surface area contributed by atoms with Crippen LogP contribution in [0.5, 0.6) is 0 Å². The zero-order chi connectivity index (χ0) is 7.28. The maximum absolute atomic E-state index is 9.95. The smallest absolute Gasteiger partial charge is 0.359 e. The van der Waals surface area contributed by atoms with Gasteiger partial charge in [0.1, 0.15) is 0 Å². The number of halogens is 1. The van der Waals surface area contributed by atoms with Gasteiger partial charge in [-0.05, 0) is 6.08 Å². The van der Waals surface area contributed by atoms with Crippen LogP contribution < -0.4 is 5.73 Å². The number of rotatable bonds is 2. The molecule has 0 atom stereocenters. The summed E-state index contributed by atoms with van der Waals surface area (Å²) in [7, 11) is 0. The van der Waals surface area contributed by atoms with Crippen molar-refractivity contribution in [2.24, 2.45) is 5.73 Å². The lowest BCUT2D eigenvalue weighted by Gasteiger charge is -1.82. The number of hydrogen-bond donors (Lipinski definition) is 2. The minimum atomic E-state index is -1.15. The topological polar surface area (TPSA) is 63.3 Å². The number of carboxylic acid groups (broad SMARTS) is 1. The molecule has 9 heavy (non-hydrogen) atoms. The number of carbonyl (C=O) groups is 1. The lowest BCUT2D eigenvalue weighted by molar-refractivity contribution is -0.132. The normalized spacial score (nSPS) is 7.67. The first-order valence-electron chi connectivity index (χ1n) is 2.18. The van der Waals surface area contributed by atoms with Crippen LogP contribution in [0.1, 0.15) is 0 Å². The highest BCUT2D eigenvalue weighted by atomic mass is 79.9. The summed E-state index contributed by atoms with van der Waals surface area (Å²) >= 11 is 3.05. The fraction of sp³-hybridized carbons (Fsp3) is 0.200. The van der Waals surface area contributed by atoms with Crippen molar-refractivity contribution < 1.29 is 9.90 Å². The Balaban J connectivity index is 4.16. The van der Waals surface area contributed by atoms with Crippen LogP contribution in [-0.4, -0.2) is 16.4 Å². The molecular weight excluding hydrogens is 186 g/mol. The summed E-state index contributed by atoms with van der Waals surface area (Å²) < 4.78 is 0. The molecule has 0 amide bonds. The first kappa shape index (κ1) is 8.27. The molecule has 50 valence electrons. The van der Waals surface area contributed by atoms with Crippen LogP contribution in [0.15, 0.2) is 17.5 Å². The summed E-state index contributed by atoms with van der Waals surface area (Å²) in [5.74, 6) is -1.15. The van der Waals surface area contributed by atoms with Gasteiger partial charge in [0, 0.05) is 5.33 Å². The quantitative estimate of drug-likeness (QED) is 0.379. The maximum Gasteiger partial charge on any atom is 0.359 e. The first-order valence-corrected chi connectivity index (χ1v) is 3.30. The van der Waals surface area contributed by atoms with Gasteiger partial charge in [0.15, 0.2) is 5.70 Å². The van der Waals surface area contributed by atoms with Crippen LogP contribution in [0.3, 0.4) is 0 Å². The van der Waals surface area contributed by atoms with Crippen molar-refractivity contribution in [1.82, 2.24) is 0 Å². The van der Waals surface area contributed by atoms with Crippen LogP contribution in [0, 0.1) is 0 Å². The molecule has 0 aromatic rings. The molecule has 0 fully saturated rings. The number of hydrogen-bond acceptors (Lipinski definition) is 2. The van der Waals surface area contributed by atoms with Crippen molar-refractivity contribution in [3.05, 3.63) is 17.5 Å². The Bertz CT molecular complexity index is 170. The third-order valence-electron chi connectivity index (χ3n) is 0.565. The summed E-state index contributed by atoms with van der Waals surface area (Å²) in [6.45, 7) is 0. The molecule has 0 aliphatic heterocycles. The van der Waals surface area contributed by atoms with E-state index < -0.39 is 5.97 Å². The molecule has 0 unspecified atom stereocenters. The van der Waals surface area contributed by atoms with E-state index >= 15 is 0 Å². The molecule has 0 aromatic heterocycles. The second kappa shape index (κ2) is 4.18. The first-order chi connectivity index (χ1) is 4.18. The molecule has 0 spiro atoms. The molecule has 0 heterocycles. The van der Waals surface area contributed by atoms with E-state index in [0.717, 1.165) is 0 Å². The Kier molecular flexibility index (Phi) is 3.84. The molecule has 0 bridgehead atoms. The molecule has 0 rings (SSSR count). The average molecular weight is 192 g/mol. The van der Waals surface area contributed by atoms with E-state index in [4.69, 9.17) is 10.8 Å². The van der Waals surface area contributed by atoms with Gasteiger partial charge in [-0.15, -0.1) is 0 Å². The predicted octanol–water partition coefficient (Wildman–Crippen LogP) is 0.464. The lowest BCUT2D eigenvalue weighted by Crippen LogP contribution is -2.07. The predicted molar refractivity (Wildman–Crippen MR) is 37.2 cm³/mol. The molecule has 4 heteroatoms. The van der Waals surface area contributed by atoms with Crippen molar-refractivity contribution in [3.63, 3.8) is 0 Å². The van der Waals surface area contributed by atoms with Gasteiger partial charge in [-0.1, -0.05) is 21.7 Å². The minimum Gasteiger partial charge on any atom is -0.476 e. The van der Waals surface area contributed by atoms with Gasteiger partial charge in [-0.2, -0.15) is 0 Å². The van der Waals surface area contributed by atoms with Crippen molar-refractivity contribution in [3.8, 4) is 0 Å². The van der Waals surface area contributed by atoms with E-state index in [1.165, 1.54) is 6.08 Å². The Labute approximate surface area is 61.0 Å². The number of nitrogens with two attached hydrogens (primary N) is 1. The van der Waals surface area contributed by atoms with Gasteiger partial charge in [0.05, 0.1) is 0 Å². The highest BCUT2D eigenvalue weighted by molar-refractivity contribution is 9.09. The van der Waals surface area contributed by atoms with Gasteiger partial charge >= 0.3 is 5.97 Å². The monoisotopic (exact) mass is 191 g/mol. The molecule has 0 saturated carbocycles. The van der Waals surface area contributed by atoms with Crippen molar-refractivity contribution in [2.75, 3.05) is 5.33 Å². The van der Waals surface area contributed by atoms with E-state index in [9.17, 15) is 4.79 Å². The van der Waals surface area contributed by atoms with Gasteiger partial charge in [0.25, 0.3) is 0 Å². The third-order valence-corrected chi connectivity index (χ3v) is 0.889. The Hall–Kier alpha value is -0.730. The Morgan fingerprint density at radius 2 is 2.44 bits per heavy atom. The van der Waals surface area contributed by atoms with Crippen LogP contribution in [0.25, 0.3) is 0 Å². The molecule has 0 aromatic carbocycles. The van der Waals surface area contributed by atoms with Gasteiger partial charge in [0.2, 0.25) is 0 Å². The fourth-order valence-electron chi connectivity index (χ4n) is 0.210. The molecular formula is C5H6BrNO2. The third kappa shape index (κ3) is 3.82. The van der Waals surface area contributed by atoms with Crippen LogP contribution in [0.4, 0.5) is 0 Å². The molecule has 0 aliphatic carbocycles. The molecule has 0 radical (unpaired) electrons. The van der Waals surface area contributed by atoms with Crippen molar-refractivity contribution >= 4 is 21.9 Å². The highest BCUT2D eigenvalue weighted by Gasteiger charge is 1.95. The van der Waals surface area contributed by atoms with Gasteiger partial charge in [-0.3, -0.25) is 0 Å². The average Bonchev–Trinajstić information content (AvgIpc) is 1.82. The van der Waals surface area contributed by atoms with E-state index in [1.807, 2.05) is 0 Å². The molecule has 0 saturated heterocycles. The summed E-state index contributed by atoms with van der Waals surface area (Å²) in [6, 6.07) is 0. The lowest BCUT2D eigenvalue weighted by atomic mass is 10.5. The van der Waals surface area contributed by atoms with Gasteiger partial charge in [-0.25, -0.2) is 4.79 Å². The highest BCUT2D eigenvalue weighted by Crippen LogP contribution is 1.82. The largest absolute Gasteiger partial charge is 0.476 e. The summed E-state index contributed by atoms with van der Waals surface area (Å²) in [6.07, 6.45) is 1.49. The molecule has 0 aliphatic rings. The SMILES string of the molecule is NC(=C=CCBr)C(=O)O. The number of alkyl halides is 1. The number of carboxylic acids is 1. The molecule has 3 nitrogen and oxygen atoms in total.